The summed E-state index contributed by atoms with van der Waals surface area (Å²) in [5, 5.41) is 7.92. The van der Waals surface area contributed by atoms with Crippen molar-refractivity contribution in [1.82, 2.24) is 5.32 Å². The third-order valence-electron chi connectivity index (χ3n) is 3.71. The molecular weight excluding hydrogens is 311 g/mol. The number of hydrogen-bond acceptors (Lipinski definition) is 5. The molecule has 0 aliphatic carbocycles. The average Bonchev–Trinajstić information content (AvgIpc) is 2.91. The minimum Gasteiger partial charge on any atom is -0.497 e. The van der Waals surface area contributed by atoms with Gasteiger partial charge in [0.1, 0.15) is 18.0 Å². The molecule has 7 heteroatoms. The molecule has 1 aliphatic heterocycles. The fourth-order valence-corrected chi connectivity index (χ4v) is 2.45. The maximum Gasteiger partial charge on any atom is 0.253 e. The van der Waals surface area contributed by atoms with E-state index in [9.17, 15) is 9.18 Å². The first kappa shape index (κ1) is 15.9. The average molecular weight is 328 g/mol. The van der Waals surface area contributed by atoms with Crippen molar-refractivity contribution in [2.45, 2.75) is 12.2 Å². The van der Waals surface area contributed by atoms with Crippen molar-refractivity contribution in [2.75, 3.05) is 12.1 Å². The van der Waals surface area contributed by atoms with Gasteiger partial charge in [0, 0.05) is 5.56 Å². The van der Waals surface area contributed by atoms with Gasteiger partial charge >= 0.3 is 0 Å². The third kappa shape index (κ3) is 3.07. The predicted octanol–water partition coefficient (Wildman–Crippen LogP) is 1.88. The quantitative estimate of drug-likeness (QED) is 0.898. The maximum absolute atomic E-state index is 13.9. The molecule has 24 heavy (non-hydrogen) atoms. The number of rotatable bonds is 4. The topological polar surface area (TPSA) is 79.9 Å². The summed E-state index contributed by atoms with van der Waals surface area (Å²) in [5.74, 6) is -0.560. The summed E-state index contributed by atoms with van der Waals surface area (Å²) in [4.78, 5) is 12.5. The molecule has 2 atom stereocenters. The van der Waals surface area contributed by atoms with Crippen LogP contribution in [-0.4, -0.2) is 31.2 Å². The van der Waals surface area contributed by atoms with E-state index < -0.39 is 18.2 Å². The van der Waals surface area contributed by atoms with E-state index in [4.69, 9.17) is 10.5 Å². The second-order valence-electron chi connectivity index (χ2n) is 5.28. The minimum atomic E-state index is -1.04. The lowest BCUT2D eigenvalue weighted by molar-refractivity contribution is 0.0935. The Morgan fingerprint density at radius 1 is 1.25 bits per heavy atom. The molecule has 1 amide bonds. The lowest BCUT2D eigenvalue weighted by Crippen LogP contribution is -2.54. The molecule has 0 saturated carbocycles. The number of nitrogens with one attached hydrogen (secondary N) is 1. The van der Waals surface area contributed by atoms with Gasteiger partial charge in [-0.3, -0.25) is 4.79 Å². The van der Waals surface area contributed by atoms with Crippen LogP contribution in [-0.2, 0) is 0 Å². The molecule has 1 aliphatic rings. The van der Waals surface area contributed by atoms with Gasteiger partial charge in [-0.25, -0.2) is 5.01 Å². The fraction of sp³-hybridized carbons (Fsp3) is 0.176. The van der Waals surface area contributed by atoms with Crippen LogP contribution < -0.4 is 20.8 Å². The van der Waals surface area contributed by atoms with E-state index in [0.717, 1.165) is 0 Å². The van der Waals surface area contributed by atoms with E-state index in [1.807, 2.05) is 6.07 Å². The van der Waals surface area contributed by atoms with E-state index in [2.05, 4.69) is 10.4 Å². The number of carbonyl (C=O) groups excluding carboxylic acids is 1. The lowest BCUT2D eigenvalue weighted by atomic mass is 10.1. The zero-order valence-corrected chi connectivity index (χ0v) is 13.0. The van der Waals surface area contributed by atoms with Crippen LogP contribution in [0, 0.1) is 0 Å². The molecule has 2 unspecified atom stereocenters. The summed E-state index contributed by atoms with van der Waals surface area (Å²) in [6.45, 7) is 0. The van der Waals surface area contributed by atoms with Crippen LogP contribution >= 0.6 is 0 Å². The monoisotopic (exact) mass is 328 g/mol. The Hall–Kier alpha value is -2.93. The Morgan fingerprint density at radius 3 is 2.71 bits per heavy atom. The van der Waals surface area contributed by atoms with Gasteiger partial charge in [-0.2, -0.15) is 4.39 Å². The van der Waals surface area contributed by atoms with Crippen molar-refractivity contribution in [3.8, 4) is 5.75 Å². The van der Waals surface area contributed by atoms with E-state index in [1.54, 1.807) is 48.5 Å². The van der Waals surface area contributed by atoms with Crippen molar-refractivity contribution in [3.63, 3.8) is 0 Å². The molecule has 0 radical (unpaired) electrons. The van der Waals surface area contributed by atoms with Gasteiger partial charge in [-0.15, -0.1) is 5.10 Å². The molecule has 0 spiro atoms. The number of hydrogen-bond donors (Lipinski definition) is 2. The molecule has 6 nitrogen and oxygen atoms in total. The summed E-state index contributed by atoms with van der Waals surface area (Å²) in [6, 6.07) is 14.6. The molecule has 2 aromatic carbocycles. The highest BCUT2D eigenvalue weighted by Gasteiger charge is 2.37. The van der Waals surface area contributed by atoms with Gasteiger partial charge in [-0.05, 0) is 30.3 Å². The second-order valence-corrected chi connectivity index (χ2v) is 5.28. The number of anilines is 1. The normalized spacial score (nSPS) is 19.8. The lowest BCUT2D eigenvalue weighted by Gasteiger charge is -2.26. The molecule has 0 bridgehead atoms. The number of nitrogens with zero attached hydrogens (tertiary/aromatic N) is 2. The number of nitrogens with two attached hydrogens (primary N) is 1. The Kier molecular flexibility index (Phi) is 4.43. The number of para-hydroxylation sites is 1. The number of hydrazone groups is 1. The number of amides is 1. The van der Waals surface area contributed by atoms with E-state index in [0.29, 0.717) is 17.0 Å². The molecule has 124 valence electrons. The smallest absolute Gasteiger partial charge is 0.253 e. The summed E-state index contributed by atoms with van der Waals surface area (Å²) >= 11 is 0. The van der Waals surface area contributed by atoms with E-state index >= 15 is 0 Å². The standard InChI is InChI=1S/C17H17FN4O2/c1-24-13-9-5-6-11(10-13)17(23)20-16-14(19)15(18)21-22(16)12-7-3-2-4-8-12/h2-10,14,16H,19H2,1H3,(H,20,23). The first-order chi connectivity index (χ1) is 11.6. The first-order valence-corrected chi connectivity index (χ1v) is 7.39. The molecule has 3 rings (SSSR count). The van der Waals surface area contributed by atoms with Crippen molar-refractivity contribution in [3.05, 3.63) is 60.2 Å². The number of carbonyl (C=O) groups is 1. The molecule has 2 aromatic rings. The van der Waals surface area contributed by atoms with Crippen LogP contribution in [0.5, 0.6) is 5.75 Å². The van der Waals surface area contributed by atoms with E-state index in [1.165, 1.54) is 12.1 Å². The summed E-state index contributed by atoms with van der Waals surface area (Å²) in [5.41, 5.74) is 6.87. The Morgan fingerprint density at radius 2 is 2.00 bits per heavy atom. The molecule has 0 saturated heterocycles. The Balaban J connectivity index is 1.83. The molecule has 3 N–H and O–H groups in total. The molecule has 0 aromatic heterocycles. The van der Waals surface area contributed by atoms with Crippen LogP contribution in [0.2, 0.25) is 0 Å². The van der Waals surface area contributed by atoms with Gasteiger partial charge in [0.05, 0.1) is 12.8 Å². The maximum atomic E-state index is 13.9. The second kappa shape index (κ2) is 6.67. The van der Waals surface area contributed by atoms with Crippen LogP contribution in [0.1, 0.15) is 10.4 Å². The van der Waals surface area contributed by atoms with Gasteiger partial charge in [-0.1, -0.05) is 24.3 Å². The zero-order chi connectivity index (χ0) is 17.1. The predicted molar refractivity (Wildman–Crippen MR) is 89.7 cm³/mol. The first-order valence-electron chi connectivity index (χ1n) is 7.39. The molecular formula is C17H17FN4O2. The number of benzene rings is 2. The van der Waals surface area contributed by atoms with Crippen LogP contribution in [0.15, 0.2) is 59.7 Å². The highest BCUT2D eigenvalue weighted by Crippen LogP contribution is 2.23. The summed E-state index contributed by atoms with van der Waals surface area (Å²) < 4.78 is 19.0. The van der Waals surface area contributed by atoms with Crippen LogP contribution in [0.4, 0.5) is 10.1 Å². The fourth-order valence-electron chi connectivity index (χ4n) is 2.45. The number of methoxy groups -OCH3 is 1. The van der Waals surface area contributed by atoms with Crippen molar-refractivity contribution >= 4 is 17.6 Å². The SMILES string of the molecule is COc1cccc(C(=O)NC2C(N)C(F)=NN2c2ccccc2)c1. The van der Waals surface area contributed by atoms with E-state index in [-0.39, 0.29) is 5.91 Å². The highest BCUT2D eigenvalue weighted by atomic mass is 19.1. The van der Waals surface area contributed by atoms with Crippen molar-refractivity contribution < 1.29 is 13.9 Å². The van der Waals surface area contributed by atoms with Crippen molar-refractivity contribution in [2.24, 2.45) is 10.8 Å². The third-order valence-corrected chi connectivity index (χ3v) is 3.71. The van der Waals surface area contributed by atoms with Gasteiger partial charge in [0.15, 0.2) is 0 Å². The zero-order valence-electron chi connectivity index (χ0n) is 13.0. The van der Waals surface area contributed by atoms with Gasteiger partial charge in [0.25, 0.3) is 5.91 Å². The van der Waals surface area contributed by atoms with Gasteiger partial charge in [0.2, 0.25) is 5.97 Å². The minimum absolute atomic E-state index is 0.389. The summed E-state index contributed by atoms with van der Waals surface area (Å²) in [6.07, 6.45) is -0.814. The van der Waals surface area contributed by atoms with Crippen molar-refractivity contribution in [1.29, 1.82) is 0 Å². The van der Waals surface area contributed by atoms with Crippen LogP contribution in [0.3, 0.4) is 0 Å². The Bertz CT molecular complexity index is 766. The Labute approximate surface area is 138 Å². The molecule has 1 heterocycles. The largest absolute Gasteiger partial charge is 0.497 e. The van der Waals surface area contributed by atoms with Crippen LogP contribution in [0.25, 0.3) is 0 Å². The number of halogens is 1. The van der Waals surface area contributed by atoms with Gasteiger partial charge < -0.3 is 15.8 Å². The highest BCUT2D eigenvalue weighted by molar-refractivity contribution is 5.96. The molecule has 0 fully saturated rings. The number of ether oxygens (including phenoxy) is 1. The summed E-state index contributed by atoms with van der Waals surface area (Å²) in [7, 11) is 1.52.